The van der Waals surface area contributed by atoms with Crippen molar-refractivity contribution in [2.75, 3.05) is 7.05 Å². The summed E-state index contributed by atoms with van der Waals surface area (Å²) < 4.78 is 25.6. The standard InChI is InChI=1S/C14H16N2O3S2/c1-10-4-3-5-11(8-10)9-16-14(17)12-6-7-13(20-12)21(18,19)15-2/h3-8,15H,9H2,1-2H3,(H,16,17). The predicted molar refractivity (Wildman–Crippen MR) is 82.9 cm³/mol. The molecule has 1 heterocycles. The van der Waals surface area contributed by atoms with Gasteiger partial charge in [-0.2, -0.15) is 0 Å². The highest BCUT2D eigenvalue weighted by atomic mass is 32.2. The van der Waals surface area contributed by atoms with Gasteiger partial charge in [0.05, 0.1) is 4.88 Å². The molecule has 112 valence electrons. The molecule has 5 nitrogen and oxygen atoms in total. The molecule has 0 atom stereocenters. The number of nitrogens with one attached hydrogen (secondary N) is 2. The van der Waals surface area contributed by atoms with Crippen molar-refractivity contribution < 1.29 is 13.2 Å². The van der Waals surface area contributed by atoms with E-state index in [1.807, 2.05) is 31.2 Å². The number of carbonyl (C=O) groups is 1. The molecule has 0 radical (unpaired) electrons. The van der Waals surface area contributed by atoms with E-state index in [4.69, 9.17) is 0 Å². The van der Waals surface area contributed by atoms with Gasteiger partial charge in [-0.3, -0.25) is 4.79 Å². The van der Waals surface area contributed by atoms with Crippen LogP contribution in [0, 0.1) is 6.92 Å². The number of aryl methyl sites for hydroxylation is 1. The molecule has 0 saturated heterocycles. The Labute approximate surface area is 128 Å². The molecule has 2 aromatic rings. The van der Waals surface area contributed by atoms with E-state index in [2.05, 4.69) is 10.0 Å². The predicted octanol–water partition coefficient (Wildman–Crippen LogP) is 1.89. The normalized spacial score (nSPS) is 11.3. The number of hydrogen-bond acceptors (Lipinski definition) is 4. The van der Waals surface area contributed by atoms with Gasteiger partial charge in [0.25, 0.3) is 5.91 Å². The van der Waals surface area contributed by atoms with Crippen molar-refractivity contribution in [2.45, 2.75) is 17.7 Å². The zero-order valence-corrected chi connectivity index (χ0v) is 13.3. The smallest absolute Gasteiger partial charge is 0.261 e. The number of hydrogen-bond donors (Lipinski definition) is 2. The number of rotatable bonds is 5. The summed E-state index contributed by atoms with van der Waals surface area (Å²) in [6.45, 7) is 2.39. The van der Waals surface area contributed by atoms with Gasteiger partial charge in [-0.05, 0) is 31.7 Å². The second-order valence-electron chi connectivity index (χ2n) is 4.50. The first kappa shape index (κ1) is 15.7. The molecule has 1 amide bonds. The van der Waals surface area contributed by atoms with Crippen LogP contribution in [0.4, 0.5) is 0 Å². The van der Waals surface area contributed by atoms with E-state index in [9.17, 15) is 13.2 Å². The second kappa shape index (κ2) is 6.38. The maximum absolute atomic E-state index is 12.0. The molecule has 0 unspecified atom stereocenters. The highest BCUT2D eigenvalue weighted by Crippen LogP contribution is 2.21. The molecule has 2 N–H and O–H groups in total. The van der Waals surface area contributed by atoms with E-state index >= 15 is 0 Å². The molecule has 0 bridgehead atoms. The summed E-state index contributed by atoms with van der Waals surface area (Å²) >= 11 is 0.948. The third-order valence-corrected chi connectivity index (χ3v) is 5.86. The summed E-state index contributed by atoms with van der Waals surface area (Å²) in [4.78, 5) is 12.4. The molecule has 0 saturated carbocycles. The fourth-order valence-corrected chi connectivity index (χ4v) is 3.84. The highest BCUT2D eigenvalue weighted by molar-refractivity contribution is 7.91. The summed E-state index contributed by atoms with van der Waals surface area (Å²) in [6, 6.07) is 10.8. The average molecular weight is 324 g/mol. The summed E-state index contributed by atoms with van der Waals surface area (Å²) in [5, 5.41) is 2.78. The number of carbonyl (C=O) groups excluding carboxylic acids is 1. The SMILES string of the molecule is CNS(=O)(=O)c1ccc(C(=O)NCc2cccc(C)c2)s1. The number of amides is 1. The van der Waals surface area contributed by atoms with Crippen LogP contribution in [0.2, 0.25) is 0 Å². The van der Waals surface area contributed by atoms with Crippen LogP contribution >= 0.6 is 11.3 Å². The number of sulfonamides is 1. The average Bonchev–Trinajstić information content (AvgIpc) is 2.95. The summed E-state index contributed by atoms with van der Waals surface area (Å²) in [5.74, 6) is -0.279. The Morgan fingerprint density at radius 2 is 2.00 bits per heavy atom. The summed E-state index contributed by atoms with van der Waals surface area (Å²) in [5.41, 5.74) is 2.13. The molecule has 0 aliphatic rings. The van der Waals surface area contributed by atoms with Crippen molar-refractivity contribution in [3.63, 3.8) is 0 Å². The van der Waals surface area contributed by atoms with Crippen LogP contribution in [0.1, 0.15) is 20.8 Å². The second-order valence-corrected chi connectivity index (χ2v) is 7.70. The van der Waals surface area contributed by atoms with Gasteiger partial charge in [-0.25, -0.2) is 13.1 Å². The Balaban J connectivity index is 2.04. The molecule has 21 heavy (non-hydrogen) atoms. The summed E-state index contributed by atoms with van der Waals surface area (Å²) in [6.07, 6.45) is 0. The fourth-order valence-electron chi connectivity index (χ4n) is 1.78. The first-order valence-electron chi connectivity index (χ1n) is 6.29. The van der Waals surface area contributed by atoms with Gasteiger partial charge in [0.1, 0.15) is 4.21 Å². The van der Waals surface area contributed by atoms with Gasteiger partial charge in [0.2, 0.25) is 10.0 Å². The van der Waals surface area contributed by atoms with Gasteiger partial charge in [0.15, 0.2) is 0 Å². The van der Waals surface area contributed by atoms with Crippen molar-refractivity contribution in [2.24, 2.45) is 0 Å². The van der Waals surface area contributed by atoms with E-state index in [-0.39, 0.29) is 10.1 Å². The van der Waals surface area contributed by atoms with Crippen LogP contribution in [0.3, 0.4) is 0 Å². The quantitative estimate of drug-likeness (QED) is 0.882. The lowest BCUT2D eigenvalue weighted by Crippen LogP contribution is -2.21. The van der Waals surface area contributed by atoms with Crippen molar-refractivity contribution >= 4 is 27.3 Å². The van der Waals surface area contributed by atoms with E-state index in [0.29, 0.717) is 11.4 Å². The minimum absolute atomic E-state index is 0.130. The molecule has 1 aromatic heterocycles. The largest absolute Gasteiger partial charge is 0.347 e. The lowest BCUT2D eigenvalue weighted by molar-refractivity contribution is 0.0955. The van der Waals surface area contributed by atoms with Gasteiger partial charge in [-0.15, -0.1) is 11.3 Å². The Kier molecular flexibility index (Phi) is 4.76. The molecular weight excluding hydrogens is 308 g/mol. The topological polar surface area (TPSA) is 75.3 Å². The Morgan fingerprint density at radius 1 is 1.24 bits per heavy atom. The van der Waals surface area contributed by atoms with Gasteiger partial charge >= 0.3 is 0 Å². The maximum Gasteiger partial charge on any atom is 0.261 e. The van der Waals surface area contributed by atoms with E-state index in [1.54, 1.807) is 0 Å². The maximum atomic E-state index is 12.0. The van der Waals surface area contributed by atoms with Gasteiger partial charge in [0, 0.05) is 6.54 Å². The Bertz CT molecular complexity index is 751. The van der Waals surface area contributed by atoms with Crippen molar-refractivity contribution in [1.29, 1.82) is 0 Å². The fraction of sp³-hybridized carbons (Fsp3) is 0.214. The van der Waals surface area contributed by atoms with Crippen LogP contribution in [0.25, 0.3) is 0 Å². The molecule has 0 fully saturated rings. The molecule has 0 aliphatic carbocycles. The molecular formula is C14H16N2O3S2. The molecule has 1 aromatic carbocycles. The minimum atomic E-state index is -3.50. The molecule has 7 heteroatoms. The van der Waals surface area contributed by atoms with Gasteiger partial charge in [-0.1, -0.05) is 29.8 Å². The van der Waals surface area contributed by atoms with Crippen molar-refractivity contribution in [3.05, 3.63) is 52.4 Å². The van der Waals surface area contributed by atoms with Crippen LogP contribution in [-0.2, 0) is 16.6 Å². The monoisotopic (exact) mass is 324 g/mol. The summed E-state index contributed by atoms with van der Waals surface area (Å²) in [7, 11) is -2.16. The van der Waals surface area contributed by atoms with E-state index < -0.39 is 10.0 Å². The van der Waals surface area contributed by atoms with Crippen molar-refractivity contribution in [1.82, 2.24) is 10.0 Å². The number of thiophene rings is 1. The van der Waals surface area contributed by atoms with E-state index in [0.717, 1.165) is 22.5 Å². The van der Waals surface area contributed by atoms with Crippen LogP contribution in [0.5, 0.6) is 0 Å². The third-order valence-electron chi connectivity index (χ3n) is 2.87. The Hall–Kier alpha value is -1.70. The van der Waals surface area contributed by atoms with Crippen LogP contribution in [-0.4, -0.2) is 21.4 Å². The minimum Gasteiger partial charge on any atom is -0.347 e. The third kappa shape index (κ3) is 3.90. The zero-order chi connectivity index (χ0) is 15.5. The Morgan fingerprint density at radius 3 is 2.67 bits per heavy atom. The molecule has 2 rings (SSSR count). The first-order valence-corrected chi connectivity index (χ1v) is 8.59. The van der Waals surface area contributed by atoms with E-state index in [1.165, 1.54) is 19.2 Å². The molecule has 0 aliphatic heterocycles. The van der Waals surface area contributed by atoms with Crippen molar-refractivity contribution in [3.8, 4) is 0 Å². The lowest BCUT2D eigenvalue weighted by Gasteiger charge is -2.04. The van der Waals surface area contributed by atoms with Gasteiger partial charge < -0.3 is 5.32 Å². The zero-order valence-electron chi connectivity index (χ0n) is 11.7. The molecule has 0 spiro atoms. The lowest BCUT2D eigenvalue weighted by atomic mass is 10.1. The number of benzene rings is 1. The van der Waals surface area contributed by atoms with Crippen LogP contribution < -0.4 is 10.0 Å². The van der Waals surface area contributed by atoms with Crippen LogP contribution in [0.15, 0.2) is 40.6 Å². The highest BCUT2D eigenvalue weighted by Gasteiger charge is 2.17. The first-order chi connectivity index (χ1) is 9.92.